The second-order valence-corrected chi connectivity index (χ2v) is 7.09. The summed E-state index contributed by atoms with van der Waals surface area (Å²) in [7, 11) is 6.41. The van der Waals surface area contributed by atoms with Crippen molar-refractivity contribution in [2.45, 2.75) is 19.4 Å². The van der Waals surface area contributed by atoms with Gasteiger partial charge in [0.25, 0.3) is 0 Å². The molecule has 32 heavy (non-hydrogen) atoms. The molecule has 1 amide bonds. The van der Waals surface area contributed by atoms with Crippen LogP contribution in [0.2, 0.25) is 0 Å². The number of fused-ring (bicyclic) bond motifs is 1. The van der Waals surface area contributed by atoms with Crippen LogP contribution in [0.15, 0.2) is 41.4 Å². The Morgan fingerprint density at radius 2 is 1.75 bits per heavy atom. The predicted octanol–water partition coefficient (Wildman–Crippen LogP) is 2.97. The monoisotopic (exact) mass is 554 g/mol. The first-order valence-corrected chi connectivity index (χ1v) is 10.2. The standard InChI is InChI=1S/C23H30N4O4.HI/c1-24-23(25-14-16-12-19(29-2)22(31-4)20(13-16)30-3)26-15-21(28)27-11-7-9-17-8-5-6-10-18(17)27;/h5-6,8,10,12-13H,7,9,11,14-15H2,1-4H3,(H2,24,25,26);1H. The Morgan fingerprint density at radius 3 is 2.38 bits per heavy atom. The first kappa shape index (κ1) is 25.6. The van der Waals surface area contributed by atoms with Crippen molar-refractivity contribution >= 4 is 41.5 Å². The molecule has 2 aromatic carbocycles. The number of rotatable bonds is 7. The van der Waals surface area contributed by atoms with Crippen LogP contribution < -0.4 is 29.7 Å². The zero-order chi connectivity index (χ0) is 22.2. The van der Waals surface area contributed by atoms with Crippen molar-refractivity contribution in [2.75, 3.05) is 46.4 Å². The molecule has 1 aliphatic rings. The van der Waals surface area contributed by atoms with E-state index in [1.807, 2.05) is 35.2 Å². The number of methoxy groups -OCH3 is 3. The highest BCUT2D eigenvalue weighted by Gasteiger charge is 2.22. The van der Waals surface area contributed by atoms with E-state index in [4.69, 9.17) is 14.2 Å². The van der Waals surface area contributed by atoms with Gasteiger partial charge in [-0.25, -0.2) is 0 Å². The van der Waals surface area contributed by atoms with Crippen LogP contribution in [0.4, 0.5) is 5.69 Å². The number of hydrogen-bond donors (Lipinski definition) is 2. The maximum Gasteiger partial charge on any atom is 0.246 e. The summed E-state index contributed by atoms with van der Waals surface area (Å²) in [5.41, 5.74) is 3.14. The van der Waals surface area contributed by atoms with Crippen LogP contribution in [0.25, 0.3) is 0 Å². The minimum absolute atomic E-state index is 0. The van der Waals surface area contributed by atoms with Gasteiger partial charge in [-0.15, -0.1) is 24.0 Å². The van der Waals surface area contributed by atoms with Gasteiger partial charge < -0.3 is 29.7 Å². The molecule has 0 saturated carbocycles. The lowest BCUT2D eigenvalue weighted by Gasteiger charge is -2.29. The molecular formula is C23H31IN4O4. The van der Waals surface area contributed by atoms with Crippen molar-refractivity contribution in [1.29, 1.82) is 0 Å². The summed E-state index contributed by atoms with van der Waals surface area (Å²) < 4.78 is 16.2. The number of nitrogens with zero attached hydrogens (tertiary/aromatic N) is 2. The van der Waals surface area contributed by atoms with E-state index < -0.39 is 0 Å². The molecule has 174 valence electrons. The van der Waals surface area contributed by atoms with Crippen LogP contribution in [0, 0.1) is 0 Å². The fourth-order valence-corrected chi connectivity index (χ4v) is 3.69. The summed E-state index contributed by atoms with van der Waals surface area (Å²) in [6, 6.07) is 11.8. The summed E-state index contributed by atoms with van der Waals surface area (Å²) in [6.45, 7) is 1.36. The molecule has 0 spiro atoms. The number of carbonyl (C=O) groups excluding carboxylic acids is 1. The third kappa shape index (κ3) is 5.96. The van der Waals surface area contributed by atoms with Gasteiger partial charge in [-0.3, -0.25) is 9.79 Å². The van der Waals surface area contributed by atoms with Crippen molar-refractivity contribution in [3.05, 3.63) is 47.5 Å². The van der Waals surface area contributed by atoms with Crippen molar-refractivity contribution in [1.82, 2.24) is 10.6 Å². The van der Waals surface area contributed by atoms with Crippen LogP contribution in [-0.2, 0) is 17.8 Å². The van der Waals surface area contributed by atoms with Crippen LogP contribution in [0.3, 0.4) is 0 Å². The third-order valence-electron chi connectivity index (χ3n) is 5.23. The zero-order valence-corrected chi connectivity index (χ0v) is 21.3. The molecule has 0 saturated heterocycles. The van der Waals surface area contributed by atoms with Crippen LogP contribution in [0.1, 0.15) is 17.5 Å². The summed E-state index contributed by atoms with van der Waals surface area (Å²) in [4.78, 5) is 18.9. The molecule has 0 atom stereocenters. The highest BCUT2D eigenvalue weighted by Crippen LogP contribution is 2.38. The Hall–Kier alpha value is -2.69. The molecule has 2 N–H and O–H groups in total. The molecule has 0 unspecified atom stereocenters. The number of aryl methyl sites for hydroxylation is 1. The Balaban J connectivity index is 0.00000363. The lowest BCUT2D eigenvalue weighted by molar-refractivity contribution is -0.117. The average Bonchev–Trinajstić information content (AvgIpc) is 2.82. The van der Waals surface area contributed by atoms with E-state index in [-0.39, 0.29) is 36.4 Å². The van der Waals surface area contributed by atoms with Gasteiger partial charge >= 0.3 is 0 Å². The van der Waals surface area contributed by atoms with Gasteiger partial charge in [-0.1, -0.05) is 18.2 Å². The smallest absolute Gasteiger partial charge is 0.246 e. The largest absolute Gasteiger partial charge is 0.493 e. The summed E-state index contributed by atoms with van der Waals surface area (Å²) in [5.74, 6) is 2.26. The number of para-hydroxylation sites is 1. The molecule has 9 heteroatoms. The number of anilines is 1. The molecule has 0 bridgehead atoms. The number of guanidine groups is 1. The molecule has 2 aromatic rings. The topological polar surface area (TPSA) is 84.4 Å². The molecular weight excluding hydrogens is 523 g/mol. The highest BCUT2D eigenvalue weighted by molar-refractivity contribution is 14.0. The maximum atomic E-state index is 12.8. The summed E-state index contributed by atoms with van der Waals surface area (Å²) in [6.07, 6.45) is 1.97. The quantitative estimate of drug-likeness (QED) is 0.311. The van der Waals surface area contributed by atoms with E-state index in [0.717, 1.165) is 30.6 Å². The molecule has 8 nitrogen and oxygen atoms in total. The van der Waals surface area contributed by atoms with Gasteiger partial charge in [0, 0.05) is 25.8 Å². The number of aliphatic imine (C=N–C) groups is 1. The van der Waals surface area contributed by atoms with Crippen LogP contribution in [-0.4, -0.2) is 53.3 Å². The van der Waals surface area contributed by atoms with E-state index in [1.54, 1.807) is 28.4 Å². The van der Waals surface area contributed by atoms with Gasteiger partial charge in [0.1, 0.15) is 0 Å². The Bertz CT molecular complexity index is 926. The van der Waals surface area contributed by atoms with Crippen LogP contribution in [0.5, 0.6) is 17.2 Å². The van der Waals surface area contributed by atoms with Crippen molar-refractivity contribution in [2.24, 2.45) is 4.99 Å². The van der Waals surface area contributed by atoms with Gasteiger partial charge in [0.2, 0.25) is 11.7 Å². The number of benzene rings is 2. The lowest BCUT2D eigenvalue weighted by Crippen LogP contribution is -2.45. The average molecular weight is 554 g/mol. The van der Waals surface area contributed by atoms with E-state index in [0.29, 0.717) is 29.8 Å². The van der Waals surface area contributed by atoms with Gasteiger partial charge in [0.15, 0.2) is 17.5 Å². The summed E-state index contributed by atoms with van der Waals surface area (Å²) in [5, 5.41) is 6.33. The first-order chi connectivity index (χ1) is 15.1. The van der Waals surface area contributed by atoms with Crippen molar-refractivity contribution < 1.29 is 19.0 Å². The highest BCUT2D eigenvalue weighted by atomic mass is 127. The number of carbonyl (C=O) groups is 1. The SMILES string of the molecule is CN=C(NCC(=O)N1CCCc2ccccc21)NCc1cc(OC)c(OC)c(OC)c1.I. The molecule has 0 fully saturated rings. The Labute approximate surface area is 206 Å². The minimum Gasteiger partial charge on any atom is -0.493 e. The molecule has 3 rings (SSSR count). The minimum atomic E-state index is 0. The molecule has 1 heterocycles. The number of amides is 1. The number of hydrogen-bond acceptors (Lipinski definition) is 5. The van der Waals surface area contributed by atoms with Crippen LogP contribution >= 0.6 is 24.0 Å². The van der Waals surface area contributed by atoms with E-state index in [9.17, 15) is 4.79 Å². The van der Waals surface area contributed by atoms with Gasteiger partial charge in [-0.05, 0) is 42.2 Å². The Kier molecular flexibility index (Phi) is 9.89. The van der Waals surface area contributed by atoms with Gasteiger partial charge in [-0.2, -0.15) is 0 Å². The predicted molar refractivity (Wildman–Crippen MR) is 137 cm³/mol. The van der Waals surface area contributed by atoms with Crippen molar-refractivity contribution in [3.63, 3.8) is 0 Å². The molecule has 0 aromatic heterocycles. The van der Waals surface area contributed by atoms with E-state index in [2.05, 4.69) is 21.7 Å². The van der Waals surface area contributed by atoms with Crippen molar-refractivity contribution in [3.8, 4) is 17.2 Å². The summed E-state index contributed by atoms with van der Waals surface area (Å²) >= 11 is 0. The van der Waals surface area contributed by atoms with Gasteiger partial charge in [0.05, 0.1) is 27.9 Å². The fourth-order valence-electron chi connectivity index (χ4n) is 3.69. The fraction of sp³-hybridized carbons (Fsp3) is 0.391. The number of halogens is 1. The lowest BCUT2D eigenvalue weighted by atomic mass is 10.0. The third-order valence-corrected chi connectivity index (χ3v) is 5.23. The zero-order valence-electron chi connectivity index (χ0n) is 18.9. The van der Waals surface area contributed by atoms with E-state index >= 15 is 0 Å². The maximum absolute atomic E-state index is 12.8. The molecule has 0 radical (unpaired) electrons. The molecule has 0 aliphatic carbocycles. The normalized spacial score (nSPS) is 12.9. The first-order valence-electron chi connectivity index (χ1n) is 10.2. The molecule has 1 aliphatic heterocycles. The second kappa shape index (κ2) is 12.4. The second-order valence-electron chi connectivity index (χ2n) is 7.09. The number of ether oxygens (including phenoxy) is 3. The van der Waals surface area contributed by atoms with E-state index in [1.165, 1.54) is 5.56 Å². The Morgan fingerprint density at radius 1 is 1.06 bits per heavy atom. The number of nitrogens with one attached hydrogen (secondary N) is 2.